The minimum Gasteiger partial charge on any atom is -0.488 e. The zero-order chi connectivity index (χ0) is 19.7. The average Bonchev–Trinajstić information content (AvgIpc) is 2.60. The van der Waals surface area contributed by atoms with Crippen molar-refractivity contribution in [3.05, 3.63) is 53.2 Å². The first-order valence-electron chi connectivity index (χ1n) is 8.27. The fourth-order valence-electron chi connectivity index (χ4n) is 2.50. The number of allylic oxidation sites excluding steroid dienone is 1. The number of hydrogen-bond acceptors (Lipinski definition) is 5. The van der Waals surface area contributed by atoms with Gasteiger partial charge in [0.2, 0.25) is 0 Å². The monoisotopic (exact) mass is 439 g/mol. The van der Waals surface area contributed by atoms with Crippen LogP contribution in [-0.2, 0) is 15.1 Å². The van der Waals surface area contributed by atoms with Gasteiger partial charge in [0.25, 0.3) is 5.91 Å². The molecule has 3 N–H and O–H groups in total. The van der Waals surface area contributed by atoms with Crippen molar-refractivity contribution < 1.29 is 9.53 Å². The van der Waals surface area contributed by atoms with E-state index >= 15 is 0 Å². The number of amidine groups is 1. The highest BCUT2D eigenvalue weighted by Crippen LogP contribution is 2.37. The van der Waals surface area contributed by atoms with E-state index < -0.39 is 0 Å². The number of carbonyl (C=O) groups is 1. The zero-order valence-electron chi connectivity index (χ0n) is 15.5. The van der Waals surface area contributed by atoms with Crippen molar-refractivity contribution in [1.82, 2.24) is 0 Å². The third-order valence-electron chi connectivity index (χ3n) is 3.76. The van der Waals surface area contributed by atoms with E-state index in [4.69, 9.17) is 10.5 Å². The maximum atomic E-state index is 12.3. The van der Waals surface area contributed by atoms with Gasteiger partial charge in [-0.2, -0.15) is 0 Å². The molecule has 1 aromatic rings. The molecule has 1 aromatic carbocycles. The number of rotatable bonds is 5. The molecule has 0 saturated carbocycles. The molecule has 0 saturated heterocycles. The Bertz CT molecular complexity index is 706. The molecule has 1 aliphatic rings. The maximum Gasteiger partial charge on any atom is 0.290 e. The fourth-order valence-corrected chi connectivity index (χ4v) is 3.96. The van der Waals surface area contributed by atoms with Gasteiger partial charge >= 0.3 is 0 Å². The molecule has 1 aliphatic heterocycles. The van der Waals surface area contributed by atoms with Crippen molar-refractivity contribution in [2.45, 2.75) is 32.7 Å². The van der Waals surface area contributed by atoms with Crippen LogP contribution < -0.4 is 11.1 Å². The van der Waals surface area contributed by atoms with Gasteiger partial charge in [-0.1, -0.05) is 27.7 Å². The van der Waals surface area contributed by atoms with Crippen molar-refractivity contribution in [3.8, 4) is 0 Å². The van der Waals surface area contributed by atoms with Crippen LogP contribution in [0.3, 0.4) is 0 Å². The number of nitrogens with two attached hydrogens (primary N) is 1. The molecule has 0 fully saturated rings. The van der Waals surface area contributed by atoms with Crippen molar-refractivity contribution in [3.63, 3.8) is 0 Å². The summed E-state index contributed by atoms with van der Waals surface area (Å²) < 4.78 is 6.21. The van der Waals surface area contributed by atoms with Crippen molar-refractivity contribution in [2.75, 3.05) is 17.7 Å². The average molecular weight is 440 g/mol. The van der Waals surface area contributed by atoms with E-state index in [9.17, 15) is 4.79 Å². The first-order chi connectivity index (χ1) is 12.4. The Morgan fingerprint density at radius 1 is 1.50 bits per heavy atom. The molecule has 142 valence electrons. The summed E-state index contributed by atoms with van der Waals surface area (Å²) in [7, 11) is 0. The number of thioether (sulfide) groups is 1. The van der Waals surface area contributed by atoms with Crippen LogP contribution in [0.5, 0.6) is 0 Å². The van der Waals surface area contributed by atoms with Crippen LogP contribution in [-0.4, -0.2) is 23.4 Å². The van der Waals surface area contributed by atoms with Crippen LogP contribution >= 0.6 is 27.7 Å². The minimum absolute atomic E-state index is 0.268. The summed E-state index contributed by atoms with van der Waals surface area (Å²) in [5.41, 5.74) is 7.22. The topological polar surface area (TPSA) is 76.7 Å². The van der Waals surface area contributed by atoms with E-state index in [1.54, 1.807) is 24.8 Å². The Labute approximate surface area is 168 Å². The van der Waals surface area contributed by atoms with Gasteiger partial charge in [-0.25, -0.2) is 0 Å². The predicted molar refractivity (Wildman–Crippen MR) is 115 cm³/mol. The Kier molecular flexibility index (Phi) is 8.95. The lowest BCUT2D eigenvalue weighted by atomic mass is 9.89. The van der Waals surface area contributed by atoms with Crippen molar-refractivity contribution >= 4 is 44.5 Å². The van der Waals surface area contributed by atoms with E-state index in [1.807, 2.05) is 25.1 Å². The smallest absolute Gasteiger partial charge is 0.290 e. The van der Waals surface area contributed by atoms with Gasteiger partial charge in [-0.3, -0.25) is 9.79 Å². The number of hydrogen-bond donors (Lipinski definition) is 2. The fraction of sp³-hybridized carbons (Fsp3) is 0.368. The zero-order valence-corrected chi connectivity index (χ0v) is 17.9. The van der Waals surface area contributed by atoms with Gasteiger partial charge in [0.15, 0.2) is 10.9 Å². The molecule has 1 atom stereocenters. The molecular formula is C19H26BrN3O2S. The third-order valence-corrected chi connectivity index (χ3v) is 5.01. The van der Waals surface area contributed by atoms with Gasteiger partial charge in [0.05, 0.1) is 12.1 Å². The number of anilines is 1. The SMILES string of the molecule is C/C=C(\OCC)C(=O)Nc1cc(Br)cc(C2(C)CCSC(N)=N2)c1.C=C. The summed E-state index contributed by atoms with van der Waals surface area (Å²) in [6.45, 7) is 12.1. The first kappa shape index (κ1) is 22.3. The molecule has 0 aliphatic carbocycles. The molecule has 1 amide bonds. The van der Waals surface area contributed by atoms with Gasteiger partial charge in [-0.05, 0) is 57.0 Å². The number of halogens is 1. The van der Waals surface area contributed by atoms with E-state index in [2.05, 4.69) is 46.3 Å². The number of aliphatic imine (C=N–C) groups is 1. The molecule has 2 rings (SSSR count). The molecule has 0 aromatic heterocycles. The van der Waals surface area contributed by atoms with Gasteiger partial charge in [-0.15, -0.1) is 13.2 Å². The summed E-state index contributed by atoms with van der Waals surface area (Å²) in [4.78, 5) is 16.9. The number of amides is 1. The third kappa shape index (κ3) is 5.92. The van der Waals surface area contributed by atoms with Crippen LogP contribution in [0, 0.1) is 0 Å². The van der Waals surface area contributed by atoms with Crippen LogP contribution in [0.2, 0.25) is 0 Å². The molecule has 26 heavy (non-hydrogen) atoms. The Morgan fingerprint density at radius 3 is 2.77 bits per heavy atom. The molecule has 0 radical (unpaired) electrons. The highest BCUT2D eigenvalue weighted by atomic mass is 79.9. The number of nitrogens with zero attached hydrogens (tertiary/aromatic N) is 1. The highest BCUT2D eigenvalue weighted by molar-refractivity contribution is 9.10. The predicted octanol–water partition coefficient (Wildman–Crippen LogP) is 4.80. The lowest BCUT2D eigenvalue weighted by molar-refractivity contribution is -0.116. The summed E-state index contributed by atoms with van der Waals surface area (Å²) in [5.74, 6) is 0.963. The highest BCUT2D eigenvalue weighted by Gasteiger charge is 2.30. The first-order valence-corrected chi connectivity index (χ1v) is 10.1. The van der Waals surface area contributed by atoms with Crippen LogP contribution in [0.25, 0.3) is 0 Å². The molecule has 7 heteroatoms. The summed E-state index contributed by atoms with van der Waals surface area (Å²) in [6.07, 6.45) is 2.55. The van der Waals surface area contributed by atoms with Crippen LogP contribution in [0.15, 0.2) is 52.7 Å². The standard InChI is InChI=1S/C17H22BrN3O2S.C2H4/c1-4-14(23-5-2)15(22)20-13-9-11(8-12(18)10-13)17(3)6-7-24-16(19)21-17;1-2/h4,8-10H,5-7H2,1-3H3,(H2,19,21)(H,20,22);1-2H2/b14-4-;. The summed E-state index contributed by atoms with van der Waals surface area (Å²) in [5, 5.41) is 3.48. The van der Waals surface area contributed by atoms with E-state index in [0.717, 1.165) is 22.2 Å². The number of carbonyl (C=O) groups excluding carboxylic acids is 1. The molecule has 1 heterocycles. The second kappa shape index (κ2) is 10.4. The Morgan fingerprint density at radius 2 is 2.19 bits per heavy atom. The van der Waals surface area contributed by atoms with Gasteiger partial charge < -0.3 is 15.8 Å². The Hall–Kier alpha value is -1.73. The molecule has 0 bridgehead atoms. The molecular weight excluding hydrogens is 414 g/mol. The second-order valence-electron chi connectivity index (χ2n) is 5.59. The van der Waals surface area contributed by atoms with Gasteiger partial charge in [0, 0.05) is 15.9 Å². The maximum absolute atomic E-state index is 12.3. The minimum atomic E-state index is -0.387. The molecule has 5 nitrogen and oxygen atoms in total. The van der Waals surface area contributed by atoms with E-state index in [1.165, 1.54) is 0 Å². The van der Waals surface area contributed by atoms with Crippen molar-refractivity contribution in [1.29, 1.82) is 0 Å². The normalized spacial score (nSPS) is 19.7. The lowest BCUT2D eigenvalue weighted by Gasteiger charge is -2.30. The van der Waals surface area contributed by atoms with Crippen LogP contribution in [0.1, 0.15) is 32.8 Å². The number of ether oxygens (including phenoxy) is 1. The quantitative estimate of drug-likeness (QED) is 0.392. The van der Waals surface area contributed by atoms with Gasteiger partial charge in [0.1, 0.15) is 0 Å². The number of benzene rings is 1. The van der Waals surface area contributed by atoms with E-state index in [-0.39, 0.29) is 11.4 Å². The Balaban J connectivity index is 0.00000163. The second-order valence-corrected chi connectivity index (χ2v) is 7.62. The lowest BCUT2D eigenvalue weighted by Crippen LogP contribution is -2.29. The van der Waals surface area contributed by atoms with Crippen LogP contribution in [0.4, 0.5) is 5.69 Å². The summed E-state index contributed by atoms with van der Waals surface area (Å²) >= 11 is 5.08. The summed E-state index contributed by atoms with van der Waals surface area (Å²) in [6, 6.07) is 5.81. The van der Waals surface area contributed by atoms with E-state index in [0.29, 0.717) is 23.2 Å². The molecule has 1 unspecified atom stereocenters. The number of nitrogens with one attached hydrogen (secondary N) is 1. The molecule has 0 spiro atoms. The van der Waals surface area contributed by atoms with Crippen molar-refractivity contribution in [2.24, 2.45) is 10.7 Å². The largest absolute Gasteiger partial charge is 0.488 e.